The number of aldehydes is 1. The Bertz CT molecular complexity index is 448. The van der Waals surface area contributed by atoms with Crippen LogP contribution in [0.25, 0.3) is 5.69 Å². The highest BCUT2D eigenvalue weighted by atomic mass is 16.1. The first-order valence-corrected chi connectivity index (χ1v) is 4.17. The van der Waals surface area contributed by atoms with Crippen molar-refractivity contribution in [2.24, 2.45) is 0 Å². The van der Waals surface area contributed by atoms with E-state index in [1.54, 1.807) is 6.07 Å². The second-order valence-electron chi connectivity index (χ2n) is 2.86. The molecule has 0 saturated carbocycles. The number of carbonyl (C=O) groups excluding carboxylic acids is 1. The average molecular weight is 187 g/mol. The minimum absolute atomic E-state index is 0.339. The quantitative estimate of drug-likeness (QED) is 0.720. The fourth-order valence-electron chi connectivity index (χ4n) is 1.25. The number of hydrogen-bond acceptors (Lipinski definition) is 3. The number of nitrogens with two attached hydrogens (primary N) is 1. The van der Waals surface area contributed by atoms with E-state index in [2.05, 4.69) is 5.10 Å². The van der Waals surface area contributed by atoms with E-state index in [-0.39, 0.29) is 0 Å². The third-order valence-corrected chi connectivity index (χ3v) is 1.88. The molecular weight excluding hydrogens is 178 g/mol. The lowest BCUT2D eigenvalue weighted by Crippen LogP contribution is -2.01. The van der Waals surface area contributed by atoms with Crippen LogP contribution in [0.4, 0.5) is 5.82 Å². The number of benzene rings is 1. The molecule has 4 nitrogen and oxygen atoms in total. The zero-order valence-corrected chi connectivity index (χ0v) is 7.42. The zero-order chi connectivity index (χ0) is 9.97. The molecule has 70 valence electrons. The summed E-state index contributed by atoms with van der Waals surface area (Å²) >= 11 is 0. The normalized spacial score (nSPS) is 10.0. The number of rotatable bonds is 2. The van der Waals surface area contributed by atoms with Crippen molar-refractivity contribution < 1.29 is 4.79 Å². The topological polar surface area (TPSA) is 60.9 Å². The van der Waals surface area contributed by atoms with Gasteiger partial charge in [-0.2, -0.15) is 5.10 Å². The minimum Gasteiger partial charge on any atom is -0.384 e. The smallest absolute Gasteiger partial charge is 0.170 e. The summed E-state index contributed by atoms with van der Waals surface area (Å²) in [6, 6.07) is 11.0. The summed E-state index contributed by atoms with van der Waals surface area (Å²) in [6.45, 7) is 0. The van der Waals surface area contributed by atoms with E-state index in [9.17, 15) is 4.79 Å². The molecule has 1 heterocycles. The predicted octanol–water partition coefficient (Wildman–Crippen LogP) is 1.27. The third kappa shape index (κ3) is 1.37. The summed E-state index contributed by atoms with van der Waals surface area (Å²) in [4.78, 5) is 10.5. The van der Waals surface area contributed by atoms with Gasteiger partial charge in [-0.1, -0.05) is 18.2 Å². The molecule has 1 aromatic carbocycles. The van der Waals surface area contributed by atoms with Gasteiger partial charge < -0.3 is 5.73 Å². The highest BCUT2D eigenvalue weighted by Gasteiger charge is 2.04. The summed E-state index contributed by atoms with van der Waals surface area (Å²) in [5.41, 5.74) is 6.88. The van der Waals surface area contributed by atoms with Gasteiger partial charge >= 0.3 is 0 Å². The maximum absolute atomic E-state index is 10.5. The minimum atomic E-state index is 0.339. The van der Waals surface area contributed by atoms with Gasteiger partial charge in [-0.3, -0.25) is 4.79 Å². The van der Waals surface area contributed by atoms with Crippen LogP contribution in [0.15, 0.2) is 36.4 Å². The first-order valence-electron chi connectivity index (χ1n) is 4.17. The van der Waals surface area contributed by atoms with Crippen molar-refractivity contribution in [1.82, 2.24) is 9.78 Å². The Morgan fingerprint density at radius 1 is 1.29 bits per heavy atom. The number of nitrogen functional groups attached to an aromatic ring is 1. The van der Waals surface area contributed by atoms with Crippen molar-refractivity contribution in [3.63, 3.8) is 0 Å². The lowest BCUT2D eigenvalue weighted by molar-refractivity contribution is 0.111. The molecule has 4 heteroatoms. The van der Waals surface area contributed by atoms with Crippen LogP contribution < -0.4 is 5.73 Å². The van der Waals surface area contributed by atoms with Gasteiger partial charge in [0.05, 0.1) is 5.69 Å². The number of aromatic nitrogens is 2. The Balaban J connectivity index is 2.51. The van der Waals surface area contributed by atoms with Gasteiger partial charge in [0, 0.05) is 6.07 Å². The highest BCUT2D eigenvalue weighted by molar-refractivity contribution is 5.73. The van der Waals surface area contributed by atoms with Crippen molar-refractivity contribution in [3.8, 4) is 5.69 Å². The maximum atomic E-state index is 10.5. The molecule has 1 aromatic heterocycles. The van der Waals surface area contributed by atoms with Crippen molar-refractivity contribution in [2.45, 2.75) is 0 Å². The van der Waals surface area contributed by atoms with Gasteiger partial charge in [0.15, 0.2) is 6.29 Å². The van der Waals surface area contributed by atoms with Gasteiger partial charge in [0.2, 0.25) is 0 Å². The van der Waals surface area contributed by atoms with Crippen molar-refractivity contribution in [1.29, 1.82) is 0 Å². The Hall–Kier alpha value is -2.10. The monoisotopic (exact) mass is 187 g/mol. The second-order valence-corrected chi connectivity index (χ2v) is 2.86. The van der Waals surface area contributed by atoms with Crippen LogP contribution in [0, 0.1) is 0 Å². The lowest BCUT2D eigenvalue weighted by Gasteiger charge is -2.01. The first kappa shape index (κ1) is 8.50. The summed E-state index contributed by atoms with van der Waals surface area (Å²) in [6.07, 6.45) is 0.676. The van der Waals surface area contributed by atoms with E-state index in [4.69, 9.17) is 5.73 Å². The summed E-state index contributed by atoms with van der Waals surface area (Å²) in [7, 11) is 0. The molecule has 0 fully saturated rings. The van der Waals surface area contributed by atoms with E-state index >= 15 is 0 Å². The Morgan fingerprint density at radius 2 is 2.00 bits per heavy atom. The van der Waals surface area contributed by atoms with Gasteiger partial charge in [0.25, 0.3) is 0 Å². The molecular formula is C10H9N3O. The second kappa shape index (κ2) is 3.33. The molecule has 14 heavy (non-hydrogen) atoms. The molecule has 0 aliphatic rings. The zero-order valence-electron chi connectivity index (χ0n) is 7.42. The lowest BCUT2D eigenvalue weighted by atomic mass is 10.3. The molecule has 0 aliphatic heterocycles. The van der Waals surface area contributed by atoms with E-state index in [0.29, 0.717) is 17.8 Å². The van der Waals surface area contributed by atoms with Crippen molar-refractivity contribution in [2.75, 3.05) is 5.73 Å². The van der Waals surface area contributed by atoms with E-state index in [1.807, 2.05) is 30.3 Å². The van der Waals surface area contributed by atoms with Crippen LogP contribution in [-0.4, -0.2) is 16.1 Å². The van der Waals surface area contributed by atoms with Crippen LogP contribution in [0.1, 0.15) is 10.5 Å². The SMILES string of the molecule is Nc1cc(C=O)nn1-c1ccccc1. The molecule has 0 bridgehead atoms. The number of carbonyl (C=O) groups is 1. The summed E-state index contributed by atoms with van der Waals surface area (Å²) in [5.74, 6) is 0.457. The van der Waals surface area contributed by atoms with E-state index in [1.165, 1.54) is 4.68 Å². The number of anilines is 1. The van der Waals surface area contributed by atoms with Crippen LogP contribution >= 0.6 is 0 Å². The van der Waals surface area contributed by atoms with E-state index < -0.39 is 0 Å². The number of nitrogens with zero attached hydrogens (tertiary/aromatic N) is 2. The molecule has 0 amide bonds. The van der Waals surface area contributed by atoms with Gasteiger partial charge in [0.1, 0.15) is 11.5 Å². The summed E-state index contributed by atoms with van der Waals surface area (Å²) in [5, 5.41) is 4.02. The maximum Gasteiger partial charge on any atom is 0.170 e. The van der Waals surface area contributed by atoms with Gasteiger partial charge in [-0.15, -0.1) is 0 Å². The molecule has 0 radical (unpaired) electrons. The Morgan fingerprint density at radius 3 is 2.57 bits per heavy atom. The number of para-hydroxylation sites is 1. The van der Waals surface area contributed by atoms with Crippen LogP contribution in [-0.2, 0) is 0 Å². The molecule has 0 atom stereocenters. The fraction of sp³-hybridized carbons (Fsp3) is 0. The highest BCUT2D eigenvalue weighted by Crippen LogP contribution is 2.12. The standard InChI is InChI=1S/C10H9N3O/c11-10-6-8(7-14)12-13(10)9-4-2-1-3-5-9/h1-7H,11H2. The largest absolute Gasteiger partial charge is 0.384 e. The fourth-order valence-corrected chi connectivity index (χ4v) is 1.25. The number of hydrogen-bond donors (Lipinski definition) is 1. The average Bonchev–Trinajstić information content (AvgIpc) is 2.61. The predicted molar refractivity (Wildman–Crippen MR) is 53.4 cm³/mol. The molecule has 0 saturated heterocycles. The van der Waals surface area contributed by atoms with Gasteiger partial charge in [-0.25, -0.2) is 4.68 Å². The molecule has 0 aliphatic carbocycles. The molecule has 2 rings (SSSR count). The van der Waals surface area contributed by atoms with Crippen LogP contribution in [0.5, 0.6) is 0 Å². The van der Waals surface area contributed by atoms with E-state index in [0.717, 1.165) is 5.69 Å². The van der Waals surface area contributed by atoms with Gasteiger partial charge in [-0.05, 0) is 12.1 Å². The molecule has 2 aromatic rings. The molecule has 0 unspecified atom stereocenters. The van der Waals surface area contributed by atoms with Crippen LogP contribution in [0.2, 0.25) is 0 Å². The van der Waals surface area contributed by atoms with Crippen molar-refractivity contribution >= 4 is 12.1 Å². The third-order valence-electron chi connectivity index (χ3n) is 1.88. The van der Waals surface area contributed by atoms with Crippen LogP contribution in [0.3, 0.4) is 0 Å². The molecule has 0 spiro atoms. The first-order chi connectivity index (χ1) is 6.81. The molecule has 2 N–H and O–H groups in total. The Labute approximate surface area is 81.0 Å². The Kier molecular flexibility index (Phi) is 2.02. The van der Waals surface area contributed by atoms with Crippen molar-refractivity contribution in [3.05, 3.63) is 42.1 Å². The summed E-state index contributed by atoms with van der Waals surface area (Å²) < 4.78 is 1.53.